The summed E-state index contributed by atoms with van der Waals surface area (Å²) < 4.78 is 44.2. The van der Waals surface area contributed by atoms with Gasteiger partial charge >= 0.3 is 12.1 Å². The molecule has 1 aromatic carbocycles. The summed E-state index contributed by atoms with van der Waals surface area (Å²) in [6.07, 6.45) is -1.24. The van der Waals surface area contributed by atoms with Crippen molar-refractivity contribution in [1.29, 1.82) is 0 Å². The molecule has 0 heterocycles. The maximum absolute atomic E-state index is 13.0. The Hall–Kier alpha value is -2.64. The van der Waals surface area contributed by atoms with Gasteiger partial charge in [-0.1, -0.05) is 19.9 Å². The van der Waals surface area contributed by atoms with E-state index in [1.807, 2.05) is 13.8 Å². The molecule has 0 aliphatic carbocycles. The summed E-state index contributed by atoms with van der Waals surface area (Å²) in [5.41, 5.74) is -2.04. The molecule has 0 radical (unpaired) electrons. The van der Waals surface area contributed by atoms with Crippen LogP contribution in [-0.4, -0.2) is 36.8 Å². The molecule has 29 heavy (non-hydrogen) atoms. The molecule has 5 nitrogen and oxygen atoms in total. The first-order chi connectivity index (χ1) is 13.4. The normalized spacial score (nSPS) is 12.3. The highest BCUT2D eigenvalue weighted by atomic mass is 19.4. The molecule has 0 unspecified atom stereocenters. The number of ether oxygens (including phenoxy) is 1. The maximum Gasteiger partial charge on any atom is 0.416 e. The number of rotatable bonds is 5. The van der Waals surface area contributed by atoms with E-state index in [-0.39, 0.29) is 12.1 Å². The third kappa shape index (κ3) is 8.93. The van der Waals surface area contributed by atoms with Crippen molar-refractivity contribution in [2.24, 2.45) is 4.99 Å². The third-order valence-electron chi connectivity index (χ3n) is 3.29. The topological polar surface area (TPSA) is 67.8 Å². The van der Waals surface area contributed by atoms with Gasteiger partial charge in [-0.15, -0.1) is 0 Å². The van der Waals surface area contributed by atoms with Gasteiger partial charge in [0.2, 0.25) is 0 Å². The number of aliphatic imine (C=N–C) groups is 1. The number of amides is 1. The van der Waals surface area contributed by atoms with E-state index in [2.05, 4.69) is 10.3 Å². The standard InChI is InChI=1S/C19H23F3N2O3.C2H6/c1-6-7-13(23-5)11-24-16(25)14-9-8-12(19(20,21)22)10-15(14)17(26)27-18(2,3)4;1-2/h6-10H,11H2,1-5H3,(H,24,25);1-2H3/b7-6-,23-13?;. The summed E-state index contributed by atoms with van der Waals surface area (Å²) in [4.78, 5) is 28.8. The molecule has 0 aromatic heterocycles. The number of nitrogens with zero attached hydrogens (tertiary/aromatic N) is 1. The number of esters is 1. The zero-order valence-corrected chi connectivity index (χ0v) is 17.9. The lowest BCUT2D eigenvalue weighted by molar-refractivity contribution is -0.137. The lowest BCUT2D eigenvalue weighted by atomic mass is 10.0. The van der Waals surface area contributed by atoms with Gasteiger partial charge in [0.15, 0.2) is 0 Å². The molecular weight excluding hydrogens is 385 g/mol. The van der Waals surface area contributed by atoms with E-state index < -0.39 is 34.8 Å². The Morgan fingerprint density at radius 2 is 1.72 bits per heavy atom. The fraction of sp³-hybridized carbons (Fsp3) is 0.476. The molecule has 1 rings (SSSR count). The number of carbonyl (C=O) groups excluding carboxylic acids is 2. The third-order valence-corrected chi connectivity index (χ3v) is 3.29. The van der Waals surface area contributed by atoms with Gasteiger partial charge in [0.1, 0.15) is 5.60 Å². The molecule has 162 valence electrons. The van der Waals surface area contributed by atoms with Crippen molar-refractivity contribution in [2.45, 2.75) is 53.3 Å². The summed E-state index contributed by atoms with van der Waals surface area (Å²) in [6.45, 7) is 10.6. The molecule has 1 N–H and O–H groups in total. The van der Waals surface area contributed by atoms with Crippen LogP contribution in [0.3, 0.4) is 0 Å². The molecule has 0 saturated heterocycles. The fourth-order valence-corrected chi connectivity index (χ4v) is 2.09. The minimum Gasteiger partial charge on any atom is -0.456 e. The number of benzene rings is 1. The maximum atomic E-state index is 13.0. The van der Waals surface area contributed by atoms with E-state index >= 15 is 0 Å². The molecule has 0 aliphatic rings. The minimum atomic E-state index is -4.65. The van der Waals surface area contributed by atoms with Gasteiger partial charge in [-0.2, -0.15) is 13.2 Å². The zero-order chi connectivity index (χ0) is 22.8. The van der Waals surface area contributed by atoms with E-state index in [0.29, 0.717) is 11.8 Å². The molecule has 1 amide bonds. The van der Waals surface area contributed by atoms with Crippen LogP contribution >= 0.6 is 0 Å². The van der Waals surface area contributed by atoms with Crippen molar-refractivity contribution in [3.05, 3.63) is 47.0 Å². The van der Waals surface area contributed by atoms with Gasteiger partial charge in [-0.3, -0.25) is 9.79 Å². The van der Waals surface area contributed by atoms with Gasteiger partial charge in [-0.25, -0.2) is 4.79 Å². The molecule has 0 aliphatic heterocycles. The van der Waals surface area contributed by atoms with Crippen LogP contribution in [0.2, 0.25) is 0 Å². The first-order valence-electron chi connectivity index (χ1n) is 9.20. The van der Waals surface area contributed by atoms with Crippen LogP contribution in [0.5, 0.6) is 0 Å². The van der Waals surface area contributed by atoms with Gasteiger partial charge in [-0.05, 0) is 52.0 Å². The van der Waals surface area contributed by atoms with Crippen LogP contribution in [0.4, 0.5) is 13.2 Å². The van der Waals surface area contributed by atoms with E-state index in [0.717, 1.165) is 12.1 Å². The molecule has 1 aromatic rings. The number of hydrogen-bond acceptors (Lipinski definition) is 4. The number of alkyl halides is 3. The molecule has 0 fully saturated rings. The van der Waals surface area contributed by atoms with Crippen LogP contribution < -0.4 is 5.32 Å². The van der Waals surface area contributed by atoms with Crippen LogP contribution in [0.1, 0.15) is 67.8 Å². The minimum absolute atomic E-state index is 0.0639. The lowest BCUT2D eigenvalue weighted by Crippen LogP contribution is -2.31. The number of hydrogen-bond donors (Lipinski definition) is 1. The van der Waals surface area contributed by atoms with Crippen LogP contribution in [0.15, 0.2) is 35.3 Å². The average molecular weight is 414 g/mol. The molecular formula is C21H29F3N2O3. The number of halogens is 3. The van der Waals surface area contributed by atoms with Gasteiger partial charge < -0.3 is 10.1 Å². The smallest absolute Gasteiger partial charge is 0.416 e. The SMILES string of the molecule is C/C=C\C(CNC(=O)c1ccc(C(F)(F)F)cc1C(=O)OC(C)(C)C)=NC.CC. The van der Waals surface area contributed by atoms with Gasteiger partial charge in [0, 0.05) is 7.05 Å². The van der Waals surface area contributed by atoms with E-state index in [1.165, 1.54) is 0 Å². The Morgan fingerprint density at radius 1 is 1.14 bits per heavy atom. The lowest BCUT2D eigenvalue weighted by Gasteiger charge is -2.21. The highest BCUT2D eigenvalue weighted by Crippen LogP contribution is 2.31. The highest BCUT2D eigenvalue weighted by Gasteiger charge is 2.33. The van der Waals surface area contributed by atoms with Crippen molar-refractivity contribution in [3.8, 4) is 0 Å². The van der Waals surface area contributed by atoms with E-state index in [4.69, 9.17) is 4.74 Å². The van der Waals surface area contributed by atoms with Crippen molar-refractivity contribution < 1.29 is 27.5 Å². The Balaban J connectivity index is 0.00000379. The zero-order valence-electron chi connectivity index (χ0n) is 17.9. The summed E-state index contributed by atoms with van der Waals surface area (Å²) in [6, 6.07) is 2.35. The van der Waals surface area contributed by atoms with E-state index in [9.17, 15) is 22.8 Å². The van der Waals surface area contributed by atoms with E-state index in [1.54, 1.807) is 46.9 Å². The molecule has 0 bridgehead atoms. The second kappa shape index (κ2) is 11.4. The molecule has 0 saturated carbocycles. The van der Waals surface area contributed by atoms with Crippen LogP contribution in [0.25, 0.3) is 0 Å². The quantitative estimate of drug-likeness (QED) is 0.541. The Labute approximate surface area is 170 Å². The second-order valence-electron chi connectivity index (χ2n) is 6.66. The molecule has 0 spiro atoms. The van der Waals surface area contributed by atoms with Crippen molar-refractivity contribution in [3.63, 3.8) is 0 Å². The monoisotopic (exact) mass is 414 g/mol. The number of allylic oxidation sites excluding steroid dienone is 1. The van der Waals surface area contributed by atoms with Crippen molar-refractivity contribution in [1.82, 2.24) is 5.32 Å². The van der Waals surface area contributed by atoms with Crippen molar-refractivity contribution in [2.75, 3.05) is 13.6 Å². The Kier molecular flexibility index (Phi) is 10.3. The van der Waals surface area contributed by atoms with Crippen LogP contribution in [0, 0.1) is 0 Å². The summed E-state index contributed by atoms with van der Waals surface area (Å²) in [5, 5.41) is 2.54. The largest absolute Gasteiger partial charge is 0.456 e. The summed E-state index contributed by atoms with van der Waals surface area (Å²) in [7, 11) is 1.55. The van der Waals surface area contributed by atoms with Crippen LogP contribution in [-0.2, 0) is 10.9 Å². The summed E-state index contributed by atoms with van der Waals surface area (Å²) in [5.74, 6) is -1.70. The first-order valence-corrected chi connectivity index (χ1v) is 9.20. The predicted molar refractivity (Wildman–Crippen MR) is 108 cm³/mol. The van der Waals surface area contributed by atoms with Gasteiger partial charge in [0.25, 0.3) is 5.91 Å². The highest BCUT2D eigenvalue weighted by molar-refractivity contribution is 6.07. The summed E-state index contributed by atoms with van der Waals surface area (Å²) >= 11 is 0. The Bertz CT molecular complexity index is 761. The van der Waals surface area contributed by atoms with Gasteiger partial charge in [0.05, 0.1) is 28.9 Å². The fourth-order valence-electron chi connectivity index (χ4n) is 2.09. The Morgan fingerprint density at radius 3 is 2.17 bits per heavy atom. The molecule has 0 atom stereocenters. The predicted octanol–water partition coefficient (Wildman–Crippen LogP) is 5.06. The number of carbonyl (C=O) groups is 2. The first kappa shape index (κ1) is 26.4. The van der Waals surface area contributed by atoms with Crippen molar-refractivity contribution >= 4 is 17.6 Å². The average Bonchev–Trinajstić information content (AvgIpc) is 2.63. The molecule has 8 heteroatoms. The second-order valence-corrected chi connectivity index (χ2v) is 6.66. The number of nitrogens with one attached hydrogen (secondary N) is 1.